The third-order valence-corrected chi connectivity index (χ3v) is 4.54. The molecular formula is C17H26N2O. The fourth-order valence-electron chi connectivity index (χ4n) is 3.08. The van der Waals surface area contributed by atoms with Gasteiger partial charge in [-0.1, -0.05) is 12.1 Å². The van der Waals surface area contributed by atoms with E-state index in [9.17, 15) is 0 Å². The van der Waals surface area contributed by atoms with Crippen molar-refractivity contribution in [1.29, 1.82) is 0 Å². The van der Waals surface area contributed by atoms with E-state index in [-0.39, 0.29) is 5.41 Å². The summed E-state index contributed by atoms with van der Waals surface area (Å²) in [6, 6.07) is 9.53. The van der Waals surface area contributed by atoms with Crippen LogP contribution in [0.5, 0.6) is 0 Å². The maximum absolute atomic E-state index is 5.71. The number of anilines is 1. The molecule has 0 radical (unpaired) electrons. The highest BCUT2D eigenvalue weighted by atomic mass is 16.5. The molecule has 1 heterocycles. The second-order valence-electron chi connectivity index (χ2n) is 6.65. The van der Waals surface area contributed by atoms with Gasteiger partial charge >= 0.3 is 0 Å². The van der Waals surface area contributed by atoms with E-state index in [1.807, 2.05) is 0 Å². The topological polar surface area (TPSA) is 24.5 Å². The fraction of sp³-hybridized carbons (Fsp3) is 0.647. The first-order chi connectivity index (χ1) is 9.67. The van der Waals surface area contributed by atoms with Crippen molar-refractivity contribution in [2.24, 2.45) is 5.41 Å². The van der Waals surface area contributed by atoms with Crippen LogP contribution in [0.3, 0.4) is 0 Å². The van der Waals surface area contributed by atoms with Crippen molar-refractivity contribution in [3.63, 3.8) is 0 Å². The van der Waals surface area contributed by atoms with Gasteiger partial charge in [-0.05, 0) is 43.9 Å². The monoisotopic (exact) mass is 274 g/mol. The highest BCUT2D eigenvalue weighted by molar-refractivity contribution is 5.47. The summed E-state index contributed by atoms with van der Waals surface area (Å²) in [4.78, 5) is 2.39. The third kappa shape index (κ3) is 3.33. The van der Waals surface area contributed by atoms with Gasteiger partial charge in [0.1, 0.15) is 0 Å². The molecule has 1 saturated carbocycles. The van der Waals surface area contributed by atoms with Crippen LogP contribution in [0.15, 0.2) is 24.3 Å². The van der Waals surface area contributed by atoms with E-state index in [0.29, 0.717) is 0 Å². The minimum atomic E-state index is 0.279. The maximum atomic E-state index is 5.71. The number of aryl methyl sites for hydroxylation is 1. The molecule has 0 spiro atoms. The minimum Gasteiger partial charge on any atom is -0.381 e. The van der Waals surface area contributed by atoms with E-state index in [0.717, 1.165) is 32.3 Å². The Kier molecular flexibility index (Phi) is 3.99. The van der Waals surface area contributed by atoms with Crippen molar-refractivity contribution < 1.29 is 4.74 Å². The lowest BCUT2D eigenvalue weighted by Gasteiger charge is -2.34. The molecule has 1 aromatic rings. The van der Waals surface area contributed by atoms with Crippen molar-refractivity contribution in [2.75, 3.05) is 38.3 Å². The van der Waals surface area contributed by atoms with Crippen LogP contribution in [-0.4, -0.2) is 39.4 Å². The maximum Gasteiger partial charge on any atom is 0.0552 e. The van der Waals surface area contributed by atoms with Crippen LogP contribution in [0, 0.1) is 12.3 Å². The summed E-state index contributed by atoms with van der Waals surface area (Å²) in [5.41, 5.74) is 2.91. The number of nitrogens with one attached hydrogen (secondary N) is 1. The summed E-state index contributed by atoms with van der Waals surface area (Å²) >= 11 is 0. The van der Waals surface area contributed by atoms with E-state index in [4.69, 9.17) is 4.74 Å². The van der Waals surface area contributed by atoms with Gasteiger partial charge in [0.2, 0.25) is 0 Å². The van der Waals surface area contributed by atoms with Gasteiger partial charge in [-0.15, -0.1) is 0 Å². The average molecular weight is 274 g/mol. The standard InChI is InChI=1S/C17H26N2O/c1-14-4-3-5-16(10-14)19(2)12-17(8-9-20-13-17)11-18-15-6-7-15/h3-5,10,15,18H,6-9,11-13H2,1-2H3. The van der Waals surface area contributed by atoms with Gasteiger partial charge < -0.3 is 15.0 Å². The number of hydrogen-bond acceptors (Lipinski definition) is 3. The predicted octanol–water partition coefficient (Wildman–Crippen LogP) is 2.59. The number of rotatable bonds is 6. The van der Waals surface area contributed by atoms with Gasteiger partial charge in [-0.3, -0.25) is 0 Å². The van der Waals surface area contributed by atoms with Crippen molar-refractivity contribution in [2.45, 2.75) is 32.2 Å². The molecule has 0 aromatic heterocycles. The summed E-state index contributed by atoms with van der Waals surface area (Å²) in [5, 5.41) is 3.70. The molecule has 1 atom stereocenters. The first kappa shape index (κ1) is 13.9. The molecule has 2 fully saturated rings. The van der Waals surface area contributed by atoms with Gasteiger partial charge in [-0.2, -0.15) is 0 Å². The van der Waals surface area contributed by atoms with Gasteiger partial charge in [-0.25, -0.2) is 0 Å². The Labute approximate surface area is 122 Å². The Morgan fingerprint density at radius 2 is 2.25 bits per heavy atom. The van der Waals surface area contributed by atoms with Crippen LogP contribution < -0.4 is 10.2 Å². The molecule has 20 heavy (non-hydrogen) atoms. The lowest BCUT2D eigenvalue weighted by Crippen LogP contribution is -2.44. The molecule has 1 unspecified atom stereocenters. The van der Waals surface area contributed by atoms with Crippen LogP contribution in [0.1, 0.15) is 24.8 Å². The van der Waals surface area contributed by atoms with Gasteiger partial charge in [0.05, 0.1) is 6.61 Å². The summed E-state index contributed by atoms with van der Waals surface area (Å²) in [5.74, 6) is 0. The predicted molar refractivity (Wildman–Crippen MR) is 83.3 cm³/mol. The molecule has 3 heteroatoms. The molecule has 2 aliphatic rings. The molecule has 1 saturated heterocycles. The van der Waals surface area contributed by atoms with Crippen LogP contribution in [-0.2, 0) is 4.74 Å². The van der Waals surface area contributed by atoms with Gasteiger partial charge in [0.15, 0.2) is 0 Å². The normalized spacial score (nSPS) is 25.9. The SMILES string of the molecule is Cc1cccc(N(C)CC2(CNC3CC3)CCOC2)c1. The van der Waals surface area contributed by atoms with Crippen LogP contribution in [0.2, 0.25) is 0 Å². The second kappa shape index (κ2) is 5.74. The van der Waals surface area contributed by atoms with Crippen molar-refractivity contribution in [3.8, 4) is 0 Å². The first-order valence-electron chi connectivity index (χ1n) is 7.76. The summed E-state index contributed by atoms with van der Waals surface area (Å²) in [6.45, 7) is 6.11. The second-order valence-corrected chi connectivity index (χ2v) is 6.65. The van der Waals surface area contributed by atoms with E-state index in [1.54, 1.807) is 0 Å². The highest BCUT2D eigenvalue weighted by Crippen LogP contribution is 2.32. The van der Waals surface area contributed by atoms with E-state index in [1.165, 1.54) is 30.5 Å². The third-order valence-electron chi connectivity index (χ3n) is 4.54. The summed E-state index contributed by atoms with van der Waals surface area (Å²) in [6.07, 6.45) is 3.87. The van der Waals surface area contributed by atoms with Crippen molar-refractivity contribution in [3.05, 3.63) is 29.8 Å². The molecule has 3 rings (SSSR count). The molecule has 0 bridgehead atoms. The average Bonchev–Trinajstić information content (AvgIpc) is 3.16. The van der Waals surface area contributed by atoms with Gasteiger partial charge in [0, 0.05) is 43.9 Å². The quantitative estimate of drug-likeness (QED) is 0.863. The van der Waals surface area contributed by atoms with Crippen LogP contribution in [0.25, 0.3) is 0 Å². The van der Waals surface area contributed by atoms with Crippen LogP contribution in [0.4, 0.5) is 5.69 Å². The summed E-state index contributed by atoms with van der Waals surface area (Å²) < 4.78 is 5.71. The molecular weight excluding hydrogens is 248 g/mol. The Bertz CT molecular complexity index is 450. The van der Waals surface area contributed by atoms with Gasteiger partial charge in [0.25, 0.3) is 0 Å². The van der Waals surface area contributed by atoms with E-state index >= 15 is 0 Å². The number of nitrogens with zero attached hydrogens (tertiary/aromatic N) is 1. The van der Waals surface area contributed by atoms with E-state index < -0.39 is 0 Å². The molecule has 0 amide bonds. The number of ether oxygens (including phenoxy) is 1. The lowest BCUT2D eigenvalue weighted by atomic mass is 9.86. The number of benzene rings is 1. The van der Waals surface area contributed by atoms with E-state index in [2.05, 4.69) is 48.5 Å². The lowest BCUT2D eigenvalue weighted by molar-refractivity contribution is 0.152. The summed E-state index contributed by atoms with van der Waals surface area (Å²) in [7, 11) is 2.20. The van der Waals surface area contributed by atoms with Crippen molar-refractivity contribution >= 4 is 5.69 Å². The zero-order chi connectivity index (χ0) is 14.0. The molecule has 110 valence electrons. The Morgan fingerprint density at radius 1 is 1.40 bits per heavy atom. The fourth-order valence-corrected chi connectivity index (χ4v) is 3.08. The first-order valence-corrected chi connectivity index (χ1v) is 7.76. The zero-order valence-electron chi connectivity index (χ0n) is 12.7. The minimum absolute atomic E-state index is 0.279. The van der Waals surface area contributed by atoms with Crippen molar-refractivity contribution in [1.82, 2.24) is 5.32 Å². The molecule has 3 nitrogen and oxygen atoms in total. The van der Waals surface area contributed by atoms with Crippen LogP contribution >= 0.6 is 0 Å². The zero-order valence-corrected chi connectivity index (χ0v) is 12.7. The molecule has 1 aromatic carbocycles. The smallest absolute Gasteiger partial charge is 0.0552 e. The molecule has 1 aliphatic heterocycles. The Balaban J connectivity index is 1.65. The largest absolute Gasteiger partial charge is 0.381 e. The Morgan fingerprint density at radius 3 is 2.90 bits per heavy atom. The molecule has 1 aliphatic carbocycles. The Hall–Kier alpha value is -1.06. The number of hydrogen-bond donors (Lipinski definition) is 1. The molecule has 1 N–H and O–H groups in total. The highest BCUT2D eigenvalue weighted by Gasteiger charge is 2.37.